The van der Waals surface area contributed by atoms with Gasteiger partial charge in [-0.05, 0) is 17.5 Å². The van der Waals surface area contributed by atoms with Crippen molar-refractivity contribution in [1.29, 1.82) is 0 Å². The average molecular weight is 386 g/mol. The smallest absolute Gasteiger partial charge is 0.302 e. The van der Waals surface area contributed by atoms with Crippen LogP contribution in [0.3, 0.4) is 0 Å². The molecule has 0 aromatic heterocycles. The minimum absolute atomic E-state index is 0.0491. The van der Waals surface area contributed by atoms with E-state index in [0.717, 1.165) is 20.9 Å². The molecule has 0 aliphatic carbocycles. The van der Waals surface area contributed by atoms with Crippen LogP contribution in [-0.2, 0) is 15.0 Å². The Kier molecular flexibility index (Phi) is 3.94. The molecule has 7 heteroatoms. The first-order valence-electron chi connectivity index (χ1n) is 6.75. The summed E-state index contributed by atoms with van der Waals surface area (Å²) in [7, 11) is -4.57. The summed E-state index contributed by atoms with van der Waals surface area (Å²) < 4.78 is 35.3. The van der Waals surface area contributed by atoms with Crippen molar-refractivity contribution >= 4 is 48.5 Å². The van der Waals surface area contributed by atoms with Gasteiger partial charge in [0.05, 0.1) is 11.4 Å². The van der Waals surface area contributed by atoms with Crippen LogP contribution in [0.25, 0.3) is 10.8 Å². The average Bonchev–Trinajstić information content (AvgIpc) is 2.78. The Balaban J connectivity index is 1.98. The van der Waals surface area contributed by atoms with Crippen molar-refractivity contribution in [3.63, 3.8) is 0 Å². The number of carbonyl (C=O) groups excluding carboxylic acids is 1. The van der Waals surface area contributed by atoms with Crippen LogP contribution < -0.4 is 4.90 Å². The van der Waals surface area contributed by atoms with E-state index >= 15 is 0 Å². The van der Waals surface area contributed by atoms with Gasteiger partial charge in [-0.2, -0.15) is 8.42 Å². The van der Waals surface area contributed by atoms with Crippen molar-refractivity contribution in [2.24, 2.45) is 5.92 Å². The van der Waals surface area contributed by atoms with E-state index in [4.69, 9.17) is 0 Å². The second-order valence-corrected chi connectivity index (χ2v) is 7.66. The largest absolute Gasteiger partial charge is 0.311 e. The van der Waals surface area contributed by atoms with E-state index in [1.807, 2.05) is 36.4 Å². The SMILES string of the molecule is O=C1CC(CS(=O)(=O)F)CN1c1ccc(Br)c2ccccc12. The van der Waals surface area contributed by atoms with Crippen molar-refractivity contribution < 1.29 is 17.1 Å². The lowest BCUT2D eigenvalue weighted by atomic mass is 10.1. The topological polar surface area (TPSA) is 54.5 Å². The molecular formula is C15H13BrFNO3S. The highest BCUT2D eigenvalue weighted by Gasteiger charge is 2.34. The first-order chi connectivity index (χ1) is 10.3. The minimum Gasteiger partial charge on any atom is -0.311 e. The number of fused-ring (bicyclic) bond motifs is 1. The monoisotopic (exact) mass is 385 g/mol. The number of benzene rings is 2. The normalized spacial score (nSPS) is 19.1. The molecule has 4 nitrogen and oxygen atoms in total. The maximum atomic E-state index is 12.8. The molecule has 22 heavy (non-hydrogen) atoms. The highest BCUT2D eigenvalue weighted by atomic mass is 79.9. The van der Waals surface area contributed by atoms with Gasteiger partial charge in [-0.1, -0.05) is 40.2 Å². The molecule has 3 rings (SSSR count). The zero-order chi connectivity index (χ0) is 15.9. The lowest BCUT2D eigenvalue weighted by Crippen LogP contribution is -2.25. The van der Waals surface area contributed by atoms with E-state index in [9.17, 15) is 17.1 Å². The molecule has 1 heterocycles. The summed E-state index contributed by atoms with van der Waals surface area (Å²) >= 11 is 3.47. The molecule has 1 saturated heterocycles. The first-order valence-corrected chi connectivity index (χ1v) is 9.09. The van der Waals surface area contributed by atoms with Gasteiger partial charge in [0.15, 0.2) is 0 Å². The predicted octanol–water partition coefficient (Wildman–Crippen LogP) is 3.25. The summed E-state index contributed by atoms with van der Waals surface area (Å²) in [4.78, 5) is 13.7. The van der Waals surface area contributed by atoms with Crippen LogP contribution >= 0.6 is 15.9 Å². The summed E-state index contributed by atoms with van der Waals surface area (Å²) in [5.74, 6) is -1.30. The number of rotatable bonds is 3. The van der Waals surface area contributed by atoms with E-state index in [1.165, 1.54) is 0 Å². The van der Waals surface area contributed by atoms with E-state index in [2.05, 4.69) is 15.9 Å². The number of halogens is 2. The highest BCUT2D eigenvalue weighted by molar-refractivity contribution is 9.10. The van der Waals surface area contributed by atoms with E-state index in [1.54, 1.807) is 4.90 Å². The highest BCUT2D eigenvalue weighted by Crippen LogP contribution is 2.35. The fraction of sp³-hybridized carbons (Fsp3) is 0.267. The Labute approximate surface area is 136 Å². The summed E-state index contributed by atoms with van der Waals surface area (Å²) in [5.41, 5.74) is 0.725. The standard InChI is InChI=1S/C15H13BrFNO3S/c16-13-5-6-14(12-4-2-1-3-11(12)13)18-8-10(7-15(18)19)9-22(17,20)21/h1-6,10H,7-9H2. The Morgan fingerprint density at radius 2 is 1.86 bits per heavy atom. The molecule has 0 spiro atoms. The quantitative estimate of drug-likeness (QED) is 0.761. The van der Waals surface area contributed by atoms with Crippen LogP contribution in [0.2, 0.25) is 0 Å². The number of carbonyl (C=O) groups is 1. The molecule has 0 radical (unpaired) electrons. The molecule has 116 valence electrons. The van der Waals surface area contributed by atoms with Crippen molar-refractivity contribution in [1.82, 2.24) is 0 Å². The lowest BCUT2D eigenvalue weighted by molar-refractivity contribution is -0.117. The van der Waals surface area contributed by atoms with Gasteiger partial charge in [-0.15, -0.1) is 3.89 Å². The Bertz CT molecular complexity index is 853. The van der Waals surface area contributed by atoms with Gasteiger partial charge in [0.1, 0.15) is 0 Å². The molecule has 1 atom stereocenters. The second kappa shape index (κ2) is 5.62. The zero-order valence-corrected chi connectivity index (χ0v) is 13.9. The van der Waals surface area contributed by atoms with E-state index in [-0.39, 0.29) is 18.9 Å². The van der Waals surface area contributed by atoms with E-state index < -0.39 is 21.9 Å². The molecule has 1 aliphatic heterocycles. The maximum Gasteiger partial charge on any atom is 0.302 e. The Hall–Kier alpha value is -1.47. The van der Waals surface area contributed by atoms with Gasteiger partial charge in [0, 0.05) is 28.7 Å². The number of hydrogen-bond donors (Lipinski definition) is 0. The van der Waals surface area contributed by atoms with Crippen LogP contribution in [0.15, 0.2) is 40.9 Å². The summed E-state index contributed by atoms with van der Waals surface area (Å²) in [6.07, 6.45) is 0.0491. The molecule has 1 fully saturated rings. The first kappa shape index (κ1) is 15.4. The molecular weight excluding hydrogens is 373 g/mol. The lowest BCUT2D eigenvalue weighted by Gasteiger charge is -2.19. The van der Waals surface area contributed by atoms with Gasteiger partial charge in [0.25, 0.3) is 0 Å². The molecule has 2 aromatic carbocycles. The number of amides is 1. The number of anilines is 1. The minimum atomic E-state index is -4.57. The molecule has 1 amide bonds. The van der Waals surface area contributed by atoms with Crippen molar-refractivity contribution in [2.45, 2.75) is 6.42 Å². The molecule has 0 saturated carbocycles. The van der Waals surface area contributed by atoms with Crippen LogP contribution in [0.5, 0.6) is 0 Å². The second-order valence-electron chi connectivity index (χ2n) is 5.39. The fourth-order valence-corrected chi connectivity index (χ4v) is 4.15. The van der Waals surface area contributed by atoms with Crippen LogP contribution in [0.1, 0.15) is 6.42 Å². The molecule has 1 aliphatic rings. The van der Waals surface area contributed by atoms with Crippen molar-refractivity contribution in [3.8, 4) is 0 Å². The van der Waals surface area contributed by atoms with Gasteiger partial charge in [0.2, 0.25) is 5.91 Å². The van der Waals surface area contributed by atoms with Gasteiger partial charge in [-0.25, -0.2) is 0 Å². The number of hydrogen-bond acceptors (Lipinski definition) is 3. The summed E-state index contributed by atoms with van der Waals surface area (Å²) in [6, 6.07) is 11.3. The summed E-state index contributed by atoms with van der Waals surface area (Å²) in [5, 5.41) is 1.86. The third-order valence-electron chi connectivity index (χ3n) is 3.78. The molecule has 1 unspecified atom stereocenters. The van der Waals surface area contributed by atoms with Gasteiger partial charge in [-0.3, -0.25) is 4.79 Å². The maximum absolute atomic E-state index is 12.8. The predicted molar refractivity (Wildman–Crippen MR) is 87.0 cm³/mol. The van der Waals surface area contributed by atoms with E-state index in [0.29, 0.717) is 0 Å². The van der Waals surface area contributed by atoms with Crippen LogP contribution in [0.4, 0.5) is 9.57 Å². The molecule has 0 bridgehead atoms. The van der Waals surface area contributed by atoms with Crippen LogP contribution in [0, 0.1) is 5.92 Å². The third kappa shape index (κ3) is 3.01. The zero-order valence-electron chi connectivity index (χ0n) is 11.5. The molecule has 0 N–H and O–H groups in total. The Morgan fingerprint density at radius 1 is 1.18 bits per heavy atom. The molecule has 2 aromatic rings. The van der Waals surface area contributed by atoms with Gasteiger partial charge >= 0.3 is 10.2 Å². The van der Waals surface area contributed by atoms with Crippen molar-refractivity contribution in [3.05, 3.63) is 40.9 Å². The Morgan fingerprint density at radius 3 is 2.55 bits per heavy atom. The van der Waals surface area contributed by atoms with Crippen LogP contribution in [-0.4, -0.2) is 26.6 Å². The van der Waals surface area contributed by atoms with Crippen molar-refractivity contribution in [2.75, 3.05) is 17.2 Å². The number of nitrogens with zero attached hydrogens (tertiary/aromatic N) is 1. The van der Waals surface area contributed by atoms with Gasteiger partial charge < -0.3 is 4.90 Å². The fourth-order valence-electron chi connectivity index (χ4n) is 2.89. The third-order valence-corrected chi connectivity index (χ3v) is 5.34. The summed E-state index contributed by atoms with van der Waals surface area (Å²) in [6.45, 7) is 0.216.